The maximum atomic E-state index is 12.0. The standard InChI is InChI=1S/C14H14N2O7/c17-11(15-8(14(21)22)5-12(18)19)6-16-7-13(20)23-10-4-2-1-3-9(10)16/h1-4,8H,5-7H2,(H,15,17)(H,18,19)(H,21,22). The number of nitrogens with one attached hydrogen (secondary N) is 1. The van der Waals surface area contributed by atoms with Crippen LogP contribution in [0.3, 0.4) is 0 Å². The van der Waals surface area contributed by atoms with E-state index in [0.29, 0.717) is 11.4 Å². The van der Waals surface area contributed by atoms with Crippen LogP contribution in [0.2, 0.25) is 0 Å². The maximum Gasteiger partial charge on any atom is 0.331 e. The number of amides is 1. The van der Waals surface area contributed by atoms with Gasteiger partial charge in [0.05, 0.1) is 18.7 Å². The fourth-order valence-corrected chi connectivity index (χ4v) is 2.13. The van der Waals surface area contributed by atoms with Gasteiger partial charge in [0.15, 0.2) is 5.75 Å². The van der Waals surface area contributed by atoms with Crippen molar-refractivity contribution in [1.82, 2.24) is 5.32 Å². The van der Waals surface area contributed by atoms with Gasteiger partial charge in [0.2, 0.25) is 5.91 Å². The molecule has 1 amide bonds. The summed E-state index contributed by atoms with van der Waals surface area (Å²) < 4.78 is 5.03. The molecule has 1 aliphatic heterocycles. The average Bonchev–Trinajstić information content (AvgIpc) is 2.45. The van der Waals surface area contributed by atoms with E-state index >= 15 is 0 Å². The third-order valence-corrected chi connectivity index (χ3v) is 3.10. The normalized spacial score (nSPS) is 14.4. The van der Waals surface area contributed by atoms with Gasteiger partial charge < -0.3 is 25.2 Å². The van der Waals surface area contributed by atoms with Crippen molar-refractivity contribution in [1.29, 1.82) is 0 Å². The molecule has 1 unspecified atom stereocenters. The number of carbonyl (C=O) groups excluding carboxylic acids is 2. The van der Waals surface area contributed by atoms with Crippen LogP contribution in [-0.4, -0.2) is 53.2 Å². The van der Waals surface area contributed by atoms with Crippen LogP contribution in [0.4, 0.5) is 5.69 Å². The smallest absolute Gasteiger partial charge is 0.331 e. The van der Waals surface area contributed by atoms with E-state index in [2.05, 4.69) is 5.32 Å². The Morgan fingerprint density at radius 3 is 2.61 bits per heavy atom. The molecule has 2 rings (SSSR count). The molecule has 0 saturated heterocycles. The number of benzene rings is 1. The Labute approximate surface area is 130 Å². The minimum absolute atomic E-state index is 0.166. The molecule has 1 atom stereocenters. The number of ether oxygens (including phenoxy) is 1. The Morgan fingerprint density at radius 2 is 1.96 bits per heavy atom. The second-order valence-corrected chi connectivity index (χ2v) is 4.85. The fraction of sp³-hybridized carbons (Fsp3) is 0.286. The highest BCUT2D eigenvalue weighted by atomic mass is 16.5. The molecule has 1 aromatic rings. The van der Waals surface area contributed by atoms with Crippen molar-refractivity contribution in [2.75, 3.05) is 18.0 Å². The molecule has 9 nitrogen and oxygen atoms in total. The predicted molar refractivity (Wildman–Crippen MR) is 76.1 cm³/mol. The summed E-state index contributed by atoms with van der Waals surface area (Å²) in [5.41, 5.74) is 0.521. The molecule has 0 saturated carbocycles. The lowest BCUT2D eigenvalue weighted by molar-refractivity contribution is -0.147. The molecule has 0 fully saturated rings. The van der Waals surface area contributed by atoms with E-state index in [4.69, 9.17) is 14.9 Å². The number of rotatable bonds is 6. The van der Waals surface area contributed by atoms with Gasteiger partial charge in [-0.05, 0) is 12.1 Å². The van der Waals surface area contributed by atoms with Crippen molar-refractivity contribution >= 4 is 29.5 Å². The summed E-state index contributed by atoms with van der Waals surface area (Å²) in [6.45, 7) is -0.462. The summed E-state index contributed by atoms with van der Waals surface area (Å²) in [6, 6.07) is 5.06. The van der Waals surface area contributed by atoms with Gasteiger partial charge in [0.1, 0.15) is 12.6 Å². The van der Waals surface area contributed by atoms with Gasteiger partial charge in [-0.15, -0.1) is 0 Å². The maximum absolute atomic E-state index is 12.0. The molecule has 9 heteroatoms. The summed E-state index contributed by atoms with van der Waals surface area (Å²) in [4.78, 5) is 46.5. The number of carbonyl (C=O) groups is 4. The summed E-state index contributed by atoms with van der Waals surface area (Å²) in [5.74, 6) is -3.74. The zero-order valence-corrected chi connectivity index (χ0v) is 11.9. The Kier molecular flexibility index (Phi) is 4.79. The molecule has 0 aromatic heterocycles. The second-order valence-electron chi connectivity index (χ2n) is 4.85. The summed E-state index contributed by atoms with van der Waals surface area (Å²) in [7, 11) is 0. The molecule has 1 heterocycles. The Morgan fingerprint density at radius 1 is 1.26 bits per heavy atom. The predicted octanol–water partition coefficient (Wildman–Crippen LogP) is -0.544. The van der Waals surface area contributed by atoms with E-state index < -0.39 is 36.3 Å². The summed E-state index contributed by atoms with van der Waals surface area (Å²) in [6.07, 6.45) is -0.736. The first-order valence-electron chi connectivity index (χ1n) is 6.65. The molecule has 1 aliphatic rings. The Hall–Kier alpha value is -3.10. The van der Waals surface area contributed by atoms with Crippen molar-refractivity contribution in [2.24, 2.45) is 0 Å². The molecule has 3 N–H and O–H groups in total. The van der Waals surface area contributed by atoms with Gasteiger partial charge in [-0.1, -0.05) is 12.1 Å². The van der Waals surface area contributed by atoms with Crippen molar-refractivity contribution in [3.63, 3.8) is 0 Å². The number of anilines is 1. The first-order chi connectivity index (χ1) is 10.9. The van der Waals surface area contributed by atoms with Crippen LogP contribution in [0.15, 0.2) is 24.3 Å². The van der Waals surface area contributed by atoms with E-state index in [-0.39, 0.29) is 13.1 Å². The molecule has 1 aromatic carbocycles. The fourth-order valence-electron chi connectivity index (χ4n) is 2.13. The highest BCUT2D eigenvalue weighted by Gasteiger charge is 2.28. The monoisotopic (exact) mass is 322 g/mol. The lowest BCUT2D eigenvalue weighted by Crippen LogP contribution is -2.48. The molecule has 23 heavy (non-hydrogen) atoms. The number of nitrogens with zero attached hydrogens (tertiary/aromatic N) is 1. The number of hydrogen-bond acceptors (Lipinski definition) is 6. The van der Waals surface area contributed by atoms with Crippen LogP contribution in [0.5, 0.6) is 5.75 Å². The molecular formula is C14H14N2O7. The molecule has 0 bridgehead atoms. The molecule has 0 radical (unpaired) electrons. The Bertz CT molecular complexity index is 658. The van der Waals surface area contributed by atoms with Gasteiger partial charge in [-0.2, -0.15) is 0 Å². The summed E-state index contributed by atoms with van der Waals surface area (Å²) in [5, 5.41) is 19.7. The van der Waals surface area contributed by atoms with E-state index in [1.807, 2.05) is 0 Å². The van der Waals surface area contributed by atoms with Gasteiger partial charge in [-0.3, -0.25) is 9.59 Å². The summed E-state index contributed by atoms with van der Waals surface area (Å²) >= 11 is 0. The second kappa shape index (κ2) is 6.77. The topological polar surface area (TPSA) is 133 Å². The minimum Gasteiger partial charge on any atom is -0.481 e. The van der Waals surface area contributed by atoms with E-state index in [0.717, 1.165) is 0 Å². The SMILES string of the molecule is O=C(O)CC(NC(=O)CN1CC(=O)Oc2ccccc21)C(=O)O. The largest absolute Gasteiger partial charge is 0.481 e. The highest BCUT2D eigenvalue weighted by molar-refractivity contribution is 5.91. The number of para-hydroxylation sites is 2. The van der Waals surface area contributed by atoms with Crippen LogP contribution in [0, 0.1) is 0 Å². The first kappa shape index (κ1) is 16.3. The van der Waals surface area contributed by atoms with Gasteiger partial charge in [0, 0.05) is 0 Å². The van der Waals surface area contributed by atoms with E-state index in [1.54, 1.807) is 24.3 Å². The van der Waals surface area contributed by atoms with Crippen molar-refractivity contribution in [3.05, 3.63) is 24.3 Å². The number of esters is 1. The van der Waals surface area contributed by atoms with Crippen LogP contribution >= 0.6 is 0 Å². The number of aliphatic carboxylic acids is 2. The Balaban J connectivity index is 2.06. The zero-order valence-electron chi connectivity index (χ0n) is 11.9. The molecule has 0 spiro atoms. The lowest BCUT2D eigenvalue weighted by Gasteiger charge is -2.29. The van der Waals surface area contributed by atoms with E-state index in [9.17, 15) is 19.2 Å². The van der Waals surface area contributed by atoms with Gasteiger partial charge in [0.25, 0.3) is 0 Å². The van der Waals surface area contributed by atoms with Crippen molar-refractivity contribution < 1.29 is 34.1 Å². The molecular weight excluding hydrogens is 308 g/mol. The van der Waals surface area contributed by atoms with Crippen LogP contribution in [0.25, 0.3) is 0 Å². The van der Waals surface area contributed by atoms with Crippen molar-refractivity contribution in [2.45, 2.75) is 12.5 Å². The van der Waals surface area contributed by atoms with Gasteiger partial charge in [-0.25, -0.2) is 9.59 Å². The molecule has 0 aliphatic carbocycles. The van der Waals surface area contributed by atoms with E-state index in [1.165, 1.54) is 4.90 Å². The van der Waals surface area contributed by atoms with Crippen LogP contribution in [0.1, 0.15) is 6.42 Å². The lowest BCUT2D eigenvalue weighted by atomic mass is 10.2. The first-order valence-corrected chi connectivity index (χ1v) is 6.65. The quantitative estimate of drug-likeness (QED) is 0.469. The van der Waals surface area contributed by atoms with Crippen LogP contribution < -0.4 is 15.0 Å². The highest BCUT2D eigenvalue weighted by Crippen LogP contribution is 2.30. The number of carboxylic acids is 2. The minimum atomic E-state index is -1.54. The zero-order chi connectivity index (χ0) is 17.0. The third-order valence-electron chi connectivity index (χ3n) is 3.10. The number of hydrogen-bond donors (Lipinski definition) is 3. The number of carboxylic acid groups (broad SMARTS) is 2. The van der Waals surface area contributed by atoms with Crippen molar-refractivity contribution in [3.8, 4) is 5.75 Å². The number of fused-ring (bicyclic) bond motifs is 1. The molecule has 122 valence electrons. The average molecular weight is 322 g/mol. The van der Waals surface area contributed by atoms with Crippen LogP contribution in [-0.2, 0) is 19.2 Å². The van der Waals surface area contributed by atoms with Gasteiger partial charge >= 0.3 is 17.9 Å². The third kappa shape index (κ3) is 4.19.